The lowest BCUT2D eigenvalue weighted by Crippen LogP contribution is -2.33. The van der Waals surface area contributed by atoms with E-state index < -0.39 is 0 Å². The molecule has 3 rings (SSSR count). The minimum absolute atomic E-state index is 0.0430. The quantitative estimate of drug-likeness (QED) is 0.768. The SMILES string of the molecule is C=CC[C@@H]1OC(=O)N2[C@@H](c3ccccc3)CO[C@@H]12. The predicted molar refractivity (Wildman–Crippen MR) is 65.8 cm³/mol. The molecule has 0 radical (unpaired) electrons. The van der Waals surface area contributed by atoms with Crippen molar-refractivity contribution in [3.8, 4) is 0 Å². The fourth-order valence-corrected chi connectivity index (χ4v) is 2.55. The van der Waals surface area contributed by atoms with Gasteiger partial charge in [0.25, 0.3) is 0 Å². The average Bonchev–Trinajstić information content (AvgIpc) is 2.94. The van der Waals surface area contributed by atoms with Gasteiger partial charge in [0, 0.05) is 6.42 Å². The van der Waals surface area contributed by atoms with Crippen molar-refractivity contribution in [1.29, 1.82) is 0 Å². The maximum absolute atomic E-state index is 11.9. The summed E-state index contributed by atoms with van der Waals surface area (Å²) in [6.45, 7) is 4.20. The number of rotatable bonds is 3. The van der Waals surface area contributed by atoms with E-state index >= 15 is 0 Å². The number of carbonyl (C=O) groups is 1. The molecular weight excluding hydrogens is 230 g/mol. The van der Waals surface area contributed by atoms with Crippen molar-refractivity contribution in [2.75, 3.05) is 6.61 Å². The zero-order valence-corrected chi connectivity index (χ0v) is 9.99. The molecule has 94 valence electrons. The van der Waals surface area contributed by atoms with Crippen LogP contribution >= 0.6 is 0 Å². The van der Waals surface area contributed by atoms with Crippen molar-refractivity contribution in [2.45, 2.75) is 24.8 Å². The van der Waals surface area contributed by atoms with Gasteiger partial charge in [-0.3, -0.25) is 4.90 Å². The maximum Gasteiger partial charge on any atom is 0.413 e. The van der Waals surface area contributed by atoms with E-state index in [1.165, 1.54) is 0 Å². The Kier molecular flexibility index (Phi) is 2.80. The van der Waals surface area contributed by atoms with Gasteiger partial charge in [-0.25, -0.2) is 4.79 Å². The van der Waals surface area contributed by atoms with E-state index in [0.717, 1.165) is 5.56 Å². The first-order valence-electron chi connectivity index (χ1n) is 6.07. The molecule has 1 aromatic carbocycles. The molecule has 2 heterocycles. The molecule has 2 fully saturated rings. The molecule has 2 saturated heterocycles. The molecule has 18 heavy (non-hydrogen) atoms. The number of ether oxygens (including phenoxy) is 2. The van der Waals surface area contributed by atoms with Crippen LogP contribution in [0.25, 0.3) is 0 Å². The summed E-state index contributed by atoms with van der Waals surface area (Å²) in [4.78, 5) is 13.6. The number of hydrogen-bond donors (Lipinski definition) is 0. The summed E-state index contributed by atoms with van der Waals surface area (Å²) < 4.78 is 11.0. The van der Waals surface area contributed by atoms with Crippen LogP contribution in [-0.4, -0.2) is 29.9 Å². The van der Waals surface area contributed by atoms with Crippen LogP contribution in [0.3, 0.4) is 0 Å². The highest BCUT2D eigenvalue weighted by Crippen LogP contribution is 2.38. The molecule has 0 aromatic heterocycles. The Balaban J connectivity index is 1.85. The van der Waals surface area contributed by atoms with Gasteiger partial charge in [0.1, 0.15) is 0 Å². The second kappa shape index (κ2) is 4.46. The number of hydrogen-bond acceptors (Lipinski definition) is 3. The molecule has 2 aliphatic rings. The molecule has 2 aliphatic heterocycles. The summed E-state index contributed by atoms with van der Waals surface area (Å²) >= 11 is 0. The molecule has 3 atom stereocenters. The Hall–Kier alpha value is -1.81. The van der Waals surface area contributed by atoms with E-state index in [1.807, 2.05) is 30.3 Å². The predicted octanol–water partition coefficient (Wildman–Crippen LogP) is 2.48. The normalized spacial score (nSPS) is 30.1. The second-order valence-corrected chi connectivity index (χ2v) is 4.50. The van der Waals surface area contributed by atoms with E-state index in [1.54, 1.807) is 11.0 Å². The van der Waals surface area contributed by atoms with Crippen LogP contribution in [0.1, 0.15) is 18.0 Å². The van der Waals surface area contributed by atoms with Crippen LogP contribution < -0.4 is 0 Å². The second-order valence-electron chi connectivity index (χ2n) is 4.50. The third-order valence-corrected chi connectivity index (χ3v) is 3.40. The van der Waals surface area contributed by atoms with E-state index in [0.29, 0.717) is 13.0 Å². The number of amides is 1. The summed E-state index contributed by atoms with van der Waals surface area (Å²) in [6, 6.07) is 9.85. The van der Waals surface area contributed by atoms with E-state index in [2.05, 4.69) is 6.58 Å². The van der Waals surface area contributed by atoms with Gasteiger partial charge < -0.3 is 9.47 Å². The number of cyclic esters (lactones) is 1. The van der Waals surface area contributed by atoms with Crippen LogP contribution in [0.2, 0.25) is 0 Å². The lowest BCUT2D eigenvalue weighted by Gasteiger charge is -2.19. The fraction of sp³-hybridized carbons (Fsp3) is 0.357. The smallest absolute Gasteiger partial charge is 0.413 e. The van der Waals surface area contributed by atoms with Gasteiger partial charge in [0.2, 0.25) is 0 Å². The van der Waals surface area contributed by atoms with Gasteiger partial charge in [-0.15, -0.1) is 6.58 Å². The van der Waals surface area contributed by atoms with Crippen LogP contribution in [0.15, 0.2) is 43.0 Å². The summed E-state index contributed by atoms with van der Waals surface area (Å²) in [7, 11) is 0. The first-order valence-corrected chi connectivity index (χ1v) is 6.07. The largest absolute Gasteiger partial charge is 0.441 e. The van der Waals surface area contributed by atoms with Crippen molar-refractivity contribution in [1.82, 2.24) is 4.90 Å². The highest BCUT2D eigenvalue weighted by atomic mass is 16.6. The monoisotopic (exact) mass is 245 g/mol. The van der Waals surface area contributed by atoms with Gasteiger partial charge in [-0.2, -0.15) is 0 Å². The molecular formula is C14H15NO3. The fourth-order valence-electron chi connectivity index (χ4n) is 2.55. The van der Waals surface area contributed by atoms with Gasteiger partial charge in [0.05, 0.1) is 12.6 Å². The Morgan fingerprint density at radius 1 is 1.39 bits per heavy atom. The van der Waals surface area contributed by atoms with E-state index in [9.17, 15) is 4.79 Å². The molecule has 0 unspecified atom stereocenters. The van der Waals surface area contributed by atoms with Crippen LogP contribution in [0.5, 0.6) is 0 Å². The summed E-state index contributed by atoms with van der Waals surface area (Å²) in [6.07, 6.45) is 1.57. The molecule has 0 saturated carbocycles. The molecule has 0 bridgehead atoms. The van der Waals surface area contributed by atoms with E-state index in [4.69, 9.17) is 9.47 Å². The number of benzene rings is 1. The van der Waals surface area contributed by atoms with Crippen molar-refractivity contribution < 1.29 is 14.3 Å². The minimum atomic E-state index is -0.293. The maximum atomic E-state index is 11.9. The lowest BCUT2D eigenvalue weighted by atomic mass is 10.1. The van der Waals surface area contributed by atoms with Crippen molar-refractivity contribution >= 4 is 6.09 Å². The molecule has 0 spiro atoms. The van der Waals surface area contributed by atoms with Crippen molar-refractivity contribution in [3.63, 3.8) is 0 Å². The standard InChI is InChI=1S/C14H15NO3/c1-2-6-12-13-15(14(16)18-12)11(9-17-13)10-7-4-3-5-8-10/h2-5,7-8,11-13H,1,6,9H2/t11-,12+,13+/m1/s1. The molecule has 4 nitrogen and oxygen atoms in total. The molecule has 0 aliphatic carbocycles. The first-order chi connectivity index (χ1) is 8.81. The summed E-state index contributed by atoms with van der Waals surface area (Å²) in [5.74, 6) is 0. The Bertz CT molecular complexity index is 459. The number of carbonyl (C=O) groups excluding carboxylic acids is 1. The van der Waals surface area contributed by atoms with Gasteiger partial charge in [-0.05, 0) is 5.56 Å². The highest BCUT2D eigenvalue weighted by Gasteiger charge is 2.50. The third-order valence-electron chi connectivity index (χ3n) is 3.40. The molecule has 1 amide bonds. The zero-order valence-electron chi connectivity index (χ0n) is 9.99. The zero-order chi connectivity index (χ0) is 12.5. The first kappa shape index (κ1) is 11.3. The van der Waals surface area contributed by atoms with Crippen molar-refractivity contribution in [3.05, 3.63) is 48.6 Å². The average molecular weight is 245 g/mol. The summed E-state index contributed by atoms with van der Waals surface area (Å²) in [5.41, 5.74) is 1.08. The van der Waals surface area contributed by atoms with Gasteiger partial charge >= 0.3 is 6.09 Å². The molecule has 1 aromatic rings. The van der Waals surface area contributed by atoms with Gasteiger partial charge in [0.15, 0.2) is 12.3 Å². The molecule has 4 heteroatoms. The van der Waals surface area contributed by atoms with E-state index in [-0.39, 0.29) is 24.5 Å². The third kappa shape index (κ3) is 1.69. The summed E-state index contributed by atoms with van der Waals surface area (Å²) in [5, 5.41) is 0. The highest BCUT2D eigenvalue weighted by molar-refractivity contribution is 5.71. The van der Waals surface area contributed by atoms with Gasteiger partial charge in [-0.1, -0.05) is 36.4 Å². The Morgan fingerprint density at radius 2 is 2.17 bits per heavy atom. The Morgan fingerprint density at radius 3 is 2.89 bits per heavy atom. The van der Waals surface area contributed by atoms with Crippen molar-refractivity contribution in [2.24, 2.45) is 0 Å². The van der Waals surface area contributed by atoms with Crippen LogP contribution in [-0.2, 0) is 9.47 Å². The molecule has 0 N–H and O–H groups in total. The lowest BCUT2D eigenvalue weighted by molar-refractivity contribution is 0.0113. The Labute approximate surface area is 106 Å². The number of fused-ring (bicyclic) bond motifs is 1. The minimum Gasteiger partial charge on any atom is -0.441 e. The number of nitrogens with zero attached hydrogens (tertiary/aromatic N) is 1. The van der Waals surface area contributed by atoms with Crippen LogP contribution in [0.4, 0.5) is 4.79 Å². The van der Waals surface area contributed by atoms with Crippen LogP contribution in [0, 0.1) is 0 Å². The topological polar surface area (TPSA) is 38.8 Å².